The van der Waals surface area contributed by atoms with Gasteiger partial charge in [0.15, 0.2) is 0 Å². The van der Waals surface area contributed by atoms with E-state index >= 15 is 0 Å². The van der Waals surface area contributed by atoms with Crippen molar-refractivity contribution in [1.82, 2.24) is 15.5 Å². The maximum absolute atomic E-state index is 11.8. The van der Waals surface area contributed by atoms with Gasteiger partial charge in [-0.25, -0.2) is 0 Å². The number of benzene rings is 1. The number of piperazine rings is 1. The maximum Gasteiger partial charge on any atom is 0.251 e. The molecule has 8 heteroatoms. The molecule has 1 aliphatic rings. The van der Waals surface area contributed by atoms with Crippen molar-refractivity contribution < 1.29 is 19.2 Å². The number of carbonyl (C=O) groups is 4. The Morgan fingerprint density at radius 3 is 2.29 bits per heavy atom. The highest BCUT2D eigenvalue weighted by molar-refractivity contribution is 6.30. The van der Waals surface area contributed by atoms with Crippen LogP contribution in [0.4, 0.5) is 0 Å². The lowest BCUT2D eigenvalue weighted by Crippen LogP contribution is -2.55. The zero-order valence-corrected chi connectivity index (χ0v) is 11.6. The van der Waals surface area contributed by atoms with Crippen LogP contribution in [-0.4, -0.2) is 48.2 Å². The van der Waals surface area contributed by atoms with Crippen molar-refractivity contribution in [3.63, 3.8) is 0 Å². The van der Waals surface area contributed by atoms with Gasteiger partial charge in [-0.1, -0.05) is 11.6 Å². The lowest BCUT2D eigenvalue weighted by molar-refractivity contribution is -0.144. The molecule has 7 nitrogen and oxygen atoms in total. The van der Waals surface area contributed by atoms with Gasteiger partial charge in [0.2, 0.25) is 17.7 Å². The summed E-state index contributed by atoms with van der Waals surface area (Å²) in [7, 11) is 0. The number of imide groups is 1. The number of nitrogens with one attached hydrogen (secondary N) is 2. The Balaban J connectivity index is 1.88. The second-order valence-electron chi connectivity index (χ2n) is 4.41. The van der Waals surface area contributed by atoms with E-state index in [0.717, 1.165) is 4.90 Å². The summed E-state index contributed by atoms with van der Waals surface area (Å²) in [5.41, 5.74) is 0.361. The molecule has 0 spiro atoms. The first kappa shape index (κ1) is 15.0. The summed E-state index contributed by atoms with van der Waals surface area (Å²) in [5, 5.41) is 5.02. The molecule has 0 aliphatic carbocycles. The van der Waals surface area contributed by atoms with Gasteiger partial charge in [0.05, 0.1) is 6.54 Å². The van der Waals surface area contributed by atoms with Crippen molar-refractivity contribution in [2.45, 2.75) is 0 Å². The van der Waals surface area contributed by atoms with Crippen LogP contribution in [-0.2, 0) is 14.4 Å². The minimum atomic E-state index is -0.538. The molecule has 21 heavy (non-hydrogen) atoms. The third-order valence-electron chi connectivity index (χ3n) is 2.81. The molecule has 1 fully saturated rings. The Morgan fingerprint density at radius 2 is 1.71 bits per heavy atom. The largest absolute Gasteiger partial charge is 0.343 e. The molecule has 1 aromatic rings. The van der Waals surface area contributed by atoms with E-state index in [1.807, 2.05) is 0 Å². The van der Waals surface area contributed by atoms with E-state index in [9.17, 15) is 19.2 Å². The van der Waals surface area contributed by atoms with E-state index in [2.05, 4.69) is 10.6 Å². The van der Waals surface area contributed by atoms with Crippen LogP contribution < -0.4 is 10.6 Å². The van der Waals surface area contributed by atoms with E-state index in [1.165, 1.54) is 12.1 Å². The first-order valence-electron chi connectivity index (χ1n) is 6.10. The molecule has 2 N–H and O–H groups in total. The minimum Gasteiger partial charge on any atom is -0.343 e. The molecule has 110 valence electrons. The van der Waals surface area contributed by atoms with Gasteiger partial charge in [0, 0.05) is 10.6 Å². The first-order valence-corrected chi connectivity index (χ1v) is 6.48. The highest BCUT2D eigenvalue weighted by Crippen LogP contribution is 2.09. The molecule has 4 amide bonds. The van der Waals surface area contributed by atoms with Gasteiger partial charge in [-0.2, -0.15) is 0 Å². The van der Waals surface area contributed by atoms with Gasteiger partial charge in [-0.3, -0.25) is 24.5 Å². The number of hydrogen-bond donors (Lipinski definition) is 2. The number of amides is 4. The molecule has 1 heterocycles. The molecule has 0 bridgehead atoms. The van der Waals surface area contributed by atoms with E-state index in [4.69, 9.17) is 11.6 Å². The number of halogens is 1. The molecule has 1 aromatic carbocycles. The molecule has 0 saturated carbocycles. The van der Waals surface area contributed by atoms with Crippen molar-refractivity contribution in [2.24, 2.45) is 0 Å². The van der Waals surface area contributed by atoms with Crippen LogP contribution in [0, 0.1) is 0 Å². The van der Waals surface area contributed by atoms with Crippen molar-refractivity contribution >= 4 is 35.2 Å². The maximum atomic E-state index is 11.8. The molecule has 0 radical (unpaired) electrons. The fourth-order valence-corrected chi connectivity index (χ4v) is 1.91. The Morgan fingerprint density at radius 1 is 1.14 bits per heavy atom. The van der Waals surface area contributed by atoms with Crippen LogP contribution in [0.15, 0.2) is 24.3 Å². The normalized spacial score (nSPS) is 14.6. The van der Waals surface area contributed by atoms with Crippen LogP contribution in [0.1, 0.15) is 10.4 Å². The third-order valence-corrected chi connectivity index (χ3v) is 3.06. The number of nitrogens with zero attached hydrogens (tertiary/aromatic N) is 1. The molecule has 0 unspecified atom stereocenters. The minimum absolute atomic E-state index is 0.193. The first-order chi connectivity index (χ1) is 9.95. The Bertz CT molecular complexity index is 584. The van der Waals surface area contributed by atoms with Gasteiger partial charge < -0.3 is 10.2 Å². The smallest absolute Gasteiger partial charge is 0.251 e. The predicted octanol–water partition coefficient (Wildman–Crippen LogP) is -0.445. The van der Waals surface area contributed by atoms with Gasteiger partial charge in [0.1, 0.15) is 13.1 Å². The standard InChI is InChI=1S/C13H12ClN3O4/c14-9-3-1-8(2-4-9)13(21)15-5-12(20)17-6-10(18)16-11(19)7-17/h1-4H,5-7H2,(H,15,21)(H,16,18,19). The predicted molar refractivity (Wildman–Crippen MR) is 73.5 cm³/mol. The van der Waals surface area contributed by atoms with Gasteiger partial charge in [-0.05, 0) is 24.3 Å². The second kappa shape index (κ2) is 6.36. The Hall–Kier alpha value is -2.41. The van der Waals surface area contributed by atoms with Gasteiger partial charge >= 0.3 is 0 Å². The molecule has 1 aliphatic heterocycles. The van der Waals surface area contributed by atoms with Crippen LogP contribution in [0.3, 0.4) is 0 Å². The van der Waals surface area contributed by atoms with Gasteiger partial charge in [-0.15, -0.1) is 0 Å². The highest BCUT2D eigenvalue weighted by Gasteiger charge is 2.26. The van der Waals surface area contributed by atoms with E-state index in [-0.39, 0.29) is 19.6 Å². The molecule has 0 atom stereocenters. The Labute approximate surface area is 125 Å². The lowest BCUT2D eigenvalue weighted by Gasteiger charge is -2.25. The molecule has 1 saturated heterocycles. The van der Waals surface area contributed by atoms with E-state index in [1.54, 1.807) is 12.1 Å². The van der Waals surface area contributed by atoms with Crippen LogP contribution >= 0.6 is 11.6 Å². The number of rotatable bonds is 3. The van der Waals surface area contributed by atoms with Crippen molar-refractivity contribution in [3.8, 4) is 0 Å². The SMILES string of the molecule is O=C1CN(C(=O)CNC(=O)c2ccc(Cl)cc2)CC(=O)N1. The summed E-state index contributed by atoms with van der Waals surface area (Å²) in [6, 6.07) is 6.18. The Kier molecular flexibility index (Phi) is 4.54. The molecular formula is C13H12ClN3O4. The summed E-state index contributed by atoms with van der Waals surface area (Å²) in [5.74, 6) is -2.01. The van der Waals surface area contributed by atoms with Crippen molar-refractivity contribution in [2.75, 3.05) is 19.6 Å². The fourth-order valence-electron chi connectivity index (χ4n) is 1.78. The lowest BCUT2D eigenvalue weighted by atomic mass is 10.2. The molecular weight excluding hydrogens is 298 g/mol. The van der Waals surface area contributed by atoms with Crippen LogP contribution in [0.2, 0.25) is 5.02 Å². The average Bonchev–Trinajstić information content (AvgIpc) is 2.44. The quantitative estimate of drug-likeness (QED) is 0.740. The van der Waals surface area contributed by atoms with Gasteiger partial charge in [0.25, 0.3) is 5.91 Å². The summed E-state index contributed by atoms with van der Waals surface area (Å²) in [6.07, 6.45) is 0. The molecule has 2 rings (SSSR count). The summed E-state index contributed by atoms with van der Waals surface area (Å²) in [6.45, 7) is -0.676. The zero-order chi connectivity index (χ0) is 15.4. The van der Waals surface area contributed by atoms with Crippen LogP contribution in [0.25, 0.3) is 0 Å². The monoisotopic (exact) mass is 309 g/mol. The zero-order valence-electron chi connectivity index (χ0n) is 10.9. The molecule has 0 aromatic heterocycles. The van der Waals surface area contributed by atoms with E-state index < -0.39 is 23.6 Å². The fraction of sp³-hybridized carbons (Fsp3) is 0.231. The summed E-state index contributed by atoms with van der Waals surface area (Å²) < 4.78 is 0. The second-order valence-corrected chi connectivity index (χ2v) is 4.85. The number of carbonyl (C=O) groups excluding carboxylic acids is 4. The third kappa shape index (κ3) is 4.03. The summed E-state index contributed by atoms with van der Waals surface area (Å²) >= 11 is 5.71. The highest BCUT2D eigenvalue weighted by atomic mass is 35.5. The average molecular weight is 310 g/mol. The van der Waals surface area contributed by atoms with Crippen molar-refractivity contribution in [3.05, 3.63) is 34.9 Å². The summed E-state index contributed by atoms with van der Waals surface area (Å²) in [4.78, 5) is 47.0. The number of hydrogen-bond acceptors (Lipinski definition) is 4. The topological polar surface area (TPSA) is 95.6 Å². The van der Waals surface area contributed by atoms with Crippen molar-refractivity contribution in [1.29, 1.82) is 0 Å². The van der Waals surface area contributed by atoms with E-state index in [0.29, 0.717) is 10.6 Å². The van der Waals surface area contributed by atoms with Crippen LogP contribution in [0.5, 0.6) is 0 Å².